The lowest BCUT2D eigenvalue weighted by Crippen LogP contribution is -2.42. The molecule has 2 fully saturated rings. The highest BCUT2D eigenvalue weighted by atomic mass is 35.5. The first-order valence-corrected chi connectivity index (χ1v) is 15.7. The zero-order chi connectivity index (χ0) is 33.8. The molecule has 254 valence electrons. The van der Waals surface area contributed by atoms with Crippen LogP contribution in [0.2, 0.25) is 10.6 Å². The Bertz CT molecular complexity index is 1590. The second-order valence-electron chi connectivity index (χ2n) is 10.8. The van der Waals surface area contributed by atoms with Crippen LogP contribution in [0.15, 0.2) is 24.5 Å². The number of carbonyl (C=O) groups excluding carboxylic acids is 1. The molecule has 2 aliphatic heterocycles. The summed E-state index contributed by atoms with van der Waals surface area (Å²) in [7, 11) is 2.50. The van der Waals surface area contributed by atoms with Crippen molar-refractivity contribution in [2.45, 2.75) is 58.8 Å². The van der Waals surface area contributed by atoms with Crippen molar-refractivity contribution in [1.29, 1.82) is 0 Å². The minimum atomic E-state index is -1.00. The van der Waals surface area contributed by atoms with Gasteiger partial charge in [0.2, 0.25) is 10.6 Å². The lowest BCUT2D eigenvalue weighted by molar-refractivity contribution is 0.0684. The molecule has 16 heteroatoms. The van der Waals surface area contributed by atoms with Crippen molar-refractivity contribution in [2.24, 2.45) is 0 Å². The van der Waals surface area contributed by atoms with Gasteiger partial charge in [0.25, 0.3) is 5.91 Å². The number of alkyl halides is 1. The largest absolute Gasteiger partial charge is 0.477 e. The molecule has 2 aliphatic rings. The van der Waals surface area contributed by atoms with E-state index in [1.807, 2.05) is 15.8 Å². The molecule has 0 unspecified atom stereocenters. The normalized spacial score (nSPS) is 14.5. The number of amides is 1. The molecule has 1 N–H and O–H groups in total. The highest BCUT2D eigenvalue weighted by molar-refractivity contribution is 6.28. The van der Waals surface area contributed by atoms with Crippen LogP contribution in [0.1, 0.15) is 81.1 Å². The molecule has 1 amide bonds. The smallest absolute Gasteiger partial charge is 0.354 e. The lowest BCUT2D eigenvalue weighted by atomic mass is 10.2. The molecule has 0 aromatic carbocycles. The molecule has 0 bridgehead atoms. The van der Waals surface area contributed by atoms with E-state index in [2.05, 4.69) is 38.8 Å². The molecule has 0 aliphatic carbocycles. The van der Waals surface area contributed by atoms with Crippen molar-refractivity contribution in [2.75, 3.05) is 57.4 Å². The van der Waals surface area contributed by atoms with Gasteiger partial charge in [0.05, 0.1) is 8.52 Å². The van der Waals surface area contributed by atoms with Crippen LogP contribution in [0.4, 0.5) is 4.39 Å². The van der Waals surface area contributed by atoms with E-state index in [9.17, 15) is 19.1 Å². The van der Waals surface area contributed by atoms with Gasteiger partial charge in [0, 0.05) is 63.4 Å². The summed E-state index contributed by atoms with van der Waals surface area (Å²) in [5, 5.41) is 15.4. The zero-order valence-electron chi connectivity index (χ0n) is 27.6. The molecule has 6 rings (SSSR count). The van der Waals surface area contributed by atoms with E-state index in [4.69, 9.17) is 24.6 Å². The Kier molecular flexibility index (Phi) is 15.0. The minimum Gasteiger partial charge on any atom is -0.477 e. The monoisotopic (exact) mass is 702 g/mol. The number of aromatic carboxylic acids is 1. The summed E-state index contributed by atoms with van der Waals surface area (Å²) < 4.78 is 19.1. The van der Waals surface area contributed by atoms with Crippen molar-refractivity contribution >= 4 is 69.6 Å². The van der Waals surface area contributed by atoms with E-state index in [1.165, 1.54) is 19.3 Å². The second kappa shape index (κ2) is 18.7. The van der Waals surface area contributed by atoms with Gasteiger partial charge in [0.1, 0.15) is 5.69 Å². The summed E-state index contributed by atoms with van der Waals surface area (Å²) in [6.45, 7) is 7.73. The van der Waals surface area contributed by atoms with Gasteiger partial charge in [-0.2, -0.15) is 9.97 Å². The first kappa shape index (κ1) is 37.0. The van der Waals surface area contributed by atoms with E-state index >= 15 is 0 Å². The summed E-state index contributed by atoms with van der Waals surface area (Å²) in [5.41, 5.74) is 2.06. The molecular weight excluding hydrogens is 660 g/mol. The Morgan fingerprint density at radius 3 is 1.59 bits per heavy atom. The number of hydrogen-bond donors (Lipinski definition) is 1. The molecule has 4 aromatic heterocycles. The first-order valence-electron chi connectivity index (χ1n) is 15.7. The Balaban J connectivity index is 0.000000276. The van der Waals surface area contributed by atoms with Crippen molar-refractivity contribution in [1.82, 2.24) is 34.2 Å². The van der Waals surface area contributed by atoms with Crippen molar-refractivity contribution in [3.05, 3.63) is 46.5 Å². The van der Waals surface area contributed by atoms with Crippen LogP contribution in [0.3, 0.4) is 0 Å². The summed E-state index contributed by atoms with van der Waals surface area (Å²) in [6, 6.07) is 3.42. The predicted molar refractivity (Wildman–Crippen MR) is 184 cm³/mol. The minimum absolute atomic E-state index is 0. The number of carbonyl (C=O) groups is 2. The molecular formula is C30H43Cl3FN9O3. The van der Waals surface area contributed by atoms with Crippen molar-refractivity contribution in [3.63, 3.8) is 0 Å². The van der Waals surface area contributed by atoms with Gasteiger partial charge in [0.15, 0.2) is 17.0 Å². The lowest BCUT2D eigenvalue weighted by Gasteiger charge is -2.31. The summed E-state index contributed by atoms with van der Waals surface area (Å²) >= 11 is 11.7. The molecule has 12 nitrogen and oxygen atoms in total. The number of aromatic nitrogens is 6. The van der Waals surface area contributed by atoms with E-state index in [0.717, 1.165) is 57.2 Å². The summed E-state index contributed by atoms with van der Waals surface area (Å²) in [6.07, 6.45) is 11.2. The van der Waals surface area contributed by atoms with E-state index < -0.39 is 13.1 Å². The zero-order valence-corrected chi connectivity index (χ0v) is 29.0. The SMILES string of the molecule is CCC.CN(C)C(=O)c1cc2cnc(Cl)nc2n1N1CCCCC1.Cl.O=C(O)c1cc2cnc(Cl)nc2n1N1CCCCC1.[2H]CF. The van der Waals surface area contributed by atoms with Gasteiger partial charge < -0.3 is 20.0 Å². The fraction of sp³-hybridized carbons (Fsp3) is 0.533. The number of hydrogen-bond acceptors (Lipinski definition) is 8. The summed E-state index contributed by atoms with van der Waals surface area (Å²) in [4.78, 5) is 41.8. The standard InChI is InChI=1S/C14H18ClN5O.C12H13ClN4O2.C3H8.CH3F.ClH/c1-18(2)13(21)11-8-10-9-16-14(15)17-12(10)20(11)19-6-4-3-5-7-19;13-12-14-7-8-6-9(11(18)19)17(10(8)15-12)16-4-2-1-3-5-16;1-3-2;1-2;/h8-9H,3-7H2,1-2H3;6-7H,1-5H2,(H,18,19);3H2,1-2H3;1H3;1H/i;;;1D;. The Morgan fingerprint density at radius 1 is 0.848 bits per heavy atom. The Hall–Kier alpha value is -3.42. The van der Waals surface area contributed by atoms with E-state index in [1.54, 1.807) is 42.1 Å². The molecule has 0 atom stereocenters. The number of carboxylic acids is 1. The molecule has 6 heterocycles. The highest BCUT2D eigenvalue weighted by Gasteiger charge is 2.24. The van der Waals surface area contributed by atoms with Crippen molar-refractivity contribution in [3.8, 4) is 0 Å². The van der Waals surface area contributed by atoms with Crippen LogP contribution >= 0.6 is 35.6 Å². The fourth-order valence-corrected chi connectivity index (χ4v) is 5.43. The molecule has 0 saturated carbocycles. The van der Waals surface area contributed by atoms with Gasteiger partial charge in [-0.25, -0.2) is 24.1 Å². The van der Waals surface area contributed by atoms with Crippen LogP contribution in [0, 0.1) is 0 Å². The number of fused-ring (bicyclic) bond motifs is 2. The average Bonchev–Trinajstić information content (AvgIpc) is 3.61. The van der Waals surface area contributed by atoms with E-state index in [0.29, 0.717) is 22.4 Å². The van der Waals surface area contributed by atoms with Crippen LogP contribution in [0.5, 0.6) is 0 Å². The molecule has 0 spiro atoms. The third kappa shape index (κ3) is 9.32. The van der Waals surface area contributed by atoms with Crippen LogP contribution in [-0.2, 0) is 0 Å². The second-order valence-corrected chi connectivity index (χ2v) is 11.4. The van der Waals surface area contributed by atoms with Gasteiger partial charge in [-0.1, -0.05) is 20.3 Å². The first-order chi connectivity index (χ1) is 22.1. The third-order valence-corrected chi connectivity index (χ3v) is 7.41. The van der Waals surface area contributed by atoms with Gasteiger partial charge in [-0.05, 0) is 73.9 Å². The van der Waals surface area contributed by atoms with Crippen LogP contribution in [0.25, 0.3) is 22.1 Å². The Morgan fingerprint density at radius 2 is 1.22 bits per heavy atom. The number of piperidine rings is 2. The van der Waals surface area contributed by atoms with Crippen LogP contribution in [-0.4, -0.2) is 98.6 Å². The average molecular weight is 704 g/mol. The maximum Gasteiger partial charge on any atom is 0.354 e. The van der Waals surface area contributed by atoms with Gasteiger partial charge >= 0.3 is 5.97 Å². The van der Waals surface area contributed by atoms with Crippen molar-refractivity contribution < 1.29 is 20.5 Å². The number of carboxylic acid groups (broad SMARTS) is 1. The maximum absolute atomic E-state index is 12.5. The van der Waals surface area contributed by atoms with Gasteiger partial charge in [-0.15, -0.1) is 12.4 Å². The number of halogens is 4. The molecule has 4 aromatic rings. The van der Waals surface area contributed by atoms with Gasteiger partial charge in [-0.3, -0.25) is 9.18 Å². The molecule has 0 radical (unpaired) electrons. The van der Waals surface area contributed by atoms with E-state index in [-0.39, 0.29) is 34.6 Å². The highest BCUT2D eigenvalue weighted by Crippen LogP contribution is 2.23. The number of rotatable bonds is 4. The Labute approximate surface area is 286 Å². The maximum atomic E-state index is 12.5. The molecule has 46 heavy (non-hydrogen) atoms. The third-order valence-electron chi connectivity index (χ3n) is 7.05. The fourth-order valence-electron chi connectivity index (χ4n) is 5.17. The molecule has 2 saturated heterocycles. The quantitative estimate of drug-likeness (QED) is 0.246. The topological polar surface area (TPSA) is 126 Å². The van der Waals surface area contributed by atoms with Crippen LogP contribution < -0.4 is 10.0 Å². The summed E-state index contributed by atoms with van der Waals surface area (Å²) in [5.74, 6) is -1.02. The predicted octanol–water partition coefficient (Wildman–Crippen LogP) is 6.24. The number of nitrogens with zero attached hydrogens (tertiary/aromatic N) is 9.